The first-order valence-corrected chi connectivity index (χ1v) is 8.94. The van der Waals surface area contributed by atoms with Crippen molar-refractivity contribution in [3.63, 3.8) is 0 Å². The first-order valence-electron chi connectivity index (χ1n) is 8.94. The fourth-order valence-electron chi connectivity index (χ4n) is 3.40. The third kappa shape index (κ3) is 4.94. The van der Waals surface area contributed by atoms with E-state index in [1.54, 1.807) is 10.8 Å². The topological polar surface area (TPSA) is 73.2 Å². The van der Waals surface area contributed by atoms with Crippen molar-refractivity contribution in [3.05, 3.63) is 23.0 Å². The van der Waals surface area contributed by atoms with Crippen LogP contribution in [-0.2, 0) is 21.4 Å². The molecule has 6 heteroatoms. The molecule has 1 aromatic heterocycles. The van der Waals surface area contributed by atoms with Crippen molar-refractivity contribution in [1.82, 2.24) is 15.1 Å². The van der Waals surface area contributed by atoms with Crippen LogP contribution in [0.15, 0.2) is 6.08 Å². The van der Waals surface area contributed by atoms with Gasteiger partial charge in [-0.05, 0) is 38.2 Å². The lowest BCUT2D eigenvalue weighted by Gasteiger charge is -2.34. The highest BCUT2D eigenvalue weighted by Gasteiger charge is 2.28. The second-order valence-corrected chi connectivity index (χ2v) is 7.09. The quantitative estimate of drug-likeness (QED) is 0.656. The number of nitrogens with zero attached hydrogens (tertiary/aromatic N) is 2. The molecule has 1 fully saturated rings. The highest BCUT2D eigenvalue weighted by atomic mass is 16.5. The van der Waals surface area contributed by atoms with E-state index in [0.29, 0.717) is 11.8 Å². The Hall–Kier alpha value is -2.11. The molecule has 0 radical (unpaired) electrons. The van der Waals surface area contributed by atoms with Crippen LogP contribution >= 0.6 is 0 Å². The van der Waals surface area contributed by atoms with Crippen LogP contribution < -0.4 is 5.32 Å². The number of ether oxygens (including phenoxy) is 1. The molecule has 1 heterocycles. The van der Waals surface area contributed by atoms with E-state index in [-0.39, 0.29) is 18.6 Å². The molecule has 1 saturated carbocycles. The summed E-state index contributed by atoms with van der Waals surface area (Å²) < 4.78 is 6.81. The Balaban J connectivity index is 1.81. The zero-order valence-corrected chi connectivity index (χ0v) is 15.8. The van der Waals surface area contributed by atoms with Crippen molar-refractivity contribution in [1.29, 1.82) is 0 Å². The van der Waals surface area contributed by atoms with Crippen LogP contribution in [0.4, 0.5) is 0 Å². The van der Waals surface area contributed by atoms with E-state index in [9.17, 15) is 9.59 Å². The molecule has 1 aliphatic carbocycles. The molecule has 1 aliphatic rings. The number of esters is 1. The summed E-state index contributed by atoms with van der Waals surface area (Å²) in [5.74, 6) is 0.296. The number of amides is 1. The van der Waals surface area contributed by atoms with Gasteiger partial charge in [-0.2, -0.15) is 5.10 Å². The van der Waals surface area contributed by atoms with E-state index in [0.717, 1.165) is 29.8 Å². The smallest absolute Gasteiger partial charge is 0.331 e. The van der Waals surface area contributed by atoms with Gasteiger partial charge in [0.1, 0.15) is 0 Å². The molecule has 6 nitrogen and oxygen atoms in total. The minimum atomic E-state index is -0.525. The molecule has 0 unspecified atom stereocenters. The Labute approximate surface area is 149 Å². The molecule has 0 saturated heterocycles. The van der Waals surface area contributed by atoms with Crippen LogP contribution in [0.2, 0.25) is 0 Å². The first kappa shape index (κ1) is 19.2. The number of carbonyl (C=O) groups is 2. The monoisotopic (exact) mass is 347 g/mol. The minimum Gasteiger partial charge on any atom is -0.452 e. The lowest BCUT2D eigenvalue weighted by molar-refractivity contribution is -0.144. The third-order valence-corrected chi connectivity index (χ3v) is 5.35. The van der Waals surface area contributed by atoms with E-state index in [1.807, 2.05) is 20.9 Å². The Morgan fingerprint density at radius 2 is 2.04 bits per heavy atom. The summed E-state index contributed by atoms with van der Waals surface area (Å²) >= 11 is 0. The number of aryl methyl sites for hydroxylation is 2. The van der Waals surface area contributed by atoms with Gasteiger partial charge in [0.15, 0.2) is 6.61 Å². The molecule has 0 aromatic carbocycles. The van der Waals surface area contributed by atoms with Crippen LogP contribution in [0.5, 0.6) is 0 Å². The number of hydrogen-bond acceptors (Lipinski definition) is 4. The average molecular weight is 347 g/mol. The molecule has 0 bridgehead atoms. The fourth-order valence-corrected chi connectivity index (χ4v) is 3.40. The van der Waals surface area contributed by atoms with Gasteiger partial charge < -0.3 is 10.1 Å². The molecule has 1 N–H and O–H groups in total. The largest absolute Gasteiger partial charge is 0.452 e. The van der Waals surface area contributed by atoms with Gasteiger partial charge in [-0.1, -0.05) is 26.7 Å². The summed E-state index contributed by atoms with van der Waals surface area (Å²) in [5, 5.41) is 7.29. The van der Waals surface area contributed by atoms with Gasteiger partial charge in [0.25, 0.3) is 5.91 Å². The van der Waals surface area contributed by atoms with E-state index in [1.165, 1.54) is 12.5 Å². The highest BCUT2D eigenvalue weighted by Crippen LogP contribution is 2.29. The van der Waals surface area contributed by atoms with Gasteiger partial charge in [0, 0.05) is 30.4 Å². The van der Waals surface area contributed by atoms with Gasteiger partial charge in [0.05, 0.1) is 5.69 Å². The second kappa shape index (κ2) is 8.32. The van der Waals surface area contributed by atoms with Crippen LogP contribution in [0.1, 0.15) is 50.1 Å². The molecule has 0 spiro atoms. The number of aromatic nitrogens is 2. The molecule has 2 rings (SSSR count). The van der Waals surface area contributed by atoms with E-state index < -0.39 is 5.97 Å². The standard InChI is InChI=1S/C19H29N3O3/c1-12-7-6-8-17(13(12)2)20-18(23)11-25-19(24)10-9-16-14(3)21-22(5)15(16)4/h9-10,12-13,17H,6-8,11H2,1-5H3,(H,20,23)/b10-9+/t12-,13+,17+/m1/s1. The van der Waals surface area contributed by atoms with Gasteiger partial charge >= 0.3 is 5.97 Å². The lowest BCUT2D eigenvalue weighted by Crippen LogP contribution is -2.45. The van der Waals surface area contributed by atoms with E-state index in [4.69, 9.17) is 4.74 Å². The Morgan fingerprint density at radius 1 is 1.32 bits per heavy atom. The average Bonchev–Trinajstić information content (AvgIpc) is 2.80. The van der Waals surface area contributed by atoms with E-state index in [2.05, 4.69) is 24.3 Å². The number of rotatable bonds is 5. The number of nitrogens with one attached hydrogen (secondary N) is 1. The summed E-state index contributed by atoms with van der Waals surface area (Å²) in [7, 11) is 1.86. The van der Waals surface area contributed by atoms with Crippen LogP contribution in [0.25, 0.3) is 6.08 Å². The van der Waals surface area contributed by atoms with Crippen LogP contribution in [0.3, 0.4) is 0 Å². The van der Waals surface area contributed by atoms with Gasteiger partial charge in [-0.3, -0.25) is 9.48 Å². The summed E-state index contributed by atoms with van der Waals surface area (Å²) in [6.07, 6.45) is 6.35. The van der Waals surface area contributed by atoms with Crippen molar-refractivity contribution in [2.24, 2.45) is 18.9 Å². The summed E-state index contributed by atoms with van der Waals surface area (Å²) in [6.45, 7) is 7.96. The van der Waals surface area contributed by atoms with E-state index >= 15 is 0 Å². The molecular formula is C19H29N3O3. The second-order valence-electron chi connectivity index (χ2n) is 7.09. The summed E-state index contributed by atoms with van der Waals surface area (Å²) in [5.41, 5.74) is 2.72. The van der Waals surface area contributed by atoms with Crippen molar-refractivity contribution in [2.75, 3.05) is 6.61 Å². The normalized spacial score (nSPS) is 23.6. The van der Waals surface area contributed by atoms with Crippen molar-refractivity contribution < 1.29 is 14.3 Å². The summed E-state index contributed by atoms with van der Waals surface area (Å²) in [6, 6.07) is 0.172. The SMILES string of the molecule is Cc1nn(C)c(C)c1/C=C/C(=O)OCC(=O)N[C@H]1CCC[C@@H](C)[C@@H]1C. The molecule has 3 atom stereocenters. The van der Waals surface area contributed by atoms with Gasteiger partial charge in [-0.25, -0.2) is 4.79 Å². The van der Waals surface area contributed by atoms with Gasteiger partial charge in [-0.15, -0.1) is 0 Å². The van der Waals surface area contributed by atoms with Crippen LogP contribution in [0, 0.1) is 25.7 Å². The molecular weight excluding hydrogens is 318 g/mol. The zero-order chi connectivity index (χ0) is 18.6. The maximum Gasteiger partial charge on any atom is 0.331 e. The molecule has 1 aromatic rings. The minimum absolute atomic E-state index is 0.172. The number of hydrogen-bond donors (Lipinski definition) is 1. The van der Waals surface area contributed by atoms with Crippen LogP contribution in [-0.4, -0.2) is 34.3 Å². The Kier molecular flexibility index (Phi) is 6.39. The maximum absolute atomic E-state index is 12.0. The van der Waals surface area contributed by atoms with Crippen molar-refractivity contribution in [2.45, 2.75) is 53.0 Å². The van der Waals surface area contributed by atoms with Crippen molar-refractivity contribution in [3.8, 4) is 0 Å². The maximum atomic E-state index is 12.0. The predicted octanol–water partition coefficient (Wildman–Crippen LogP) is 2.53. The van der Waals surface area contributed by atoms with Gasteiger partial charge in [0.2, 0.25) is 0 Å². The molecule has 0 aliphatic heterocycles. The van der Waals surface area contributed by atoms with Crippen molar-refractivity contribution >= 4 is 18.0 Å². The zero-order valence-electron chi connectivity index (χ0n) is 15.8. The highest BCUT2D eigenvalue weighted by molar-refractivity contribution is 5.89. The third-order valence-electron chi connectivity index (χ3n) is 5.35. The number of carbonyl (C=O) groups excluding carboxylic acids is 2. The lowest BCUT2D eigenvalue weighted by atomic mass is 9.78. The summed E-state index contributed by atoms with van der Waals surface area (Å²) in [4.78, 5) is 23.9. The molecule has 1 amide bonds. The predicted molar refractivity (Wildman–Crippen MR) is 96.8 cm³/mol. The Morgan fingerprint density at radius 3 is 2.68 bits per heavy atom. The molecule has 25 heavy (non-hydrogen) atoms. The fraction of sp³-hybridized carbons (Fsp3) is 0.632. The molecule has 138 valence electrons. The first-order chi connectivity index (χ1) is 11.8. The Bertz CT molecular complexity index is 663.